The van der Waals surface area contributed by atoms with Crippen LogP contribution < -0.4 is 15.4 Å². The summed E-state index contributed by atoms with van der Waals surface area (Å²) >= 11 is 0. The summed E-state index contributed by atoms with van der Waals surface area (Å²) in [5.41, 5.74) is 0.630. The third kappa shape index (κ3) is 4.07. The van der Waals surface area contributed by atoms with Crippen molar-refractivity contribution in [1.82, 2.24) is 15.6 Å². The molecule has 0 bridgehead atoms. The van der Waals surface area contributed by atoms with E-state index in [1.54, 1.807) is 12.2 Å². The summed E-state index contributed by atoms with van der Waals surface area (Å²) in [6, 6.07) is 4.64. The Hall–Kier alpha value is -2.76. The predicted molar refractivity (Wildman–Crippen MR) is 91.2 cm³/mol. The number of amides is 1. The molecule has 2 heterocycles. The Morgan fingerprint density at radius 3 is 3.04 bits per heavy atom. The second-order valence-corrected chi connectivity index (χ2v) is 5.97. The molecule has 136 valence electrons. The number of rotatable bonds is 4. The van der Waals surface area contributed by atoms with E-state index in [0.717, 1.165) is 6.54 Å². The molecule has 1 aliphatic carbocycles. The van der Waals surface area contributed by atoms with Crippen molar-refractivity contribution in [2.24, 2.45) is 5.92 Å². The summed E-state index contributed by atoms with van der Waals surface area (Å²) in [5, 5.41) is 14.8. The Kier molecular flexibility index (Phi) is 5.61. The van der Waals surface area contributed by atoms with Gasteiger partial charge in [-0.25, -0.2) is 9.37 Å². The first-order valence-corrected chi connectivity index (χ1v) is 8.24. The van der Waals surface area contributed by atoms with E-state index in [0.29, 0.717) is 18.8 Å². The number of halogens is 1. The SMILES string of the molecule is COc1cc(C(=O)NC2=CC(F)C([C@H]3CNCCO3)C=C2)cc(C#N)n1. The number of nitriles is 1. The molecule has 2 N–H and O–H groups in total. The normalized spacial score (nSPS) is 25.1. The Bertz CT molecular complexity index is 781. The molecule has 1 saturated heterocycles. The van der Waals surface area contributed by atoms with E-state index >= 15 is 0 Å². The molecule has 0 aromatic carbocycles. The molecule has 26 heavy (non-hydrogen) atoms. The zero-order chi connectivity index (χ0) is 18.5. The molecule has 1 aliphatic heterocycles. The topological polar surface area (TPSA) is 96.3 Å². The van der Waals surface area contributed by atoms with Crippen LogP contribution in [0.4, 0.5) is 4.39 Å². The van der Waals surface area contributed by atoms with Gasteiger partial charge in [0.05, 0.1) is 19.8 Å². The minimum Gasteiger partial charge on any atom is -0.481 e. The van der Waals surface area contributed by atoms with E-state index in [2.05, 4.69) is 15.6 Å². The minimum absolute atomic E-state index is 0.0630. The lowest BCUT2D eigenvalue weighted by Crippen LogP contribution is -2.45. The zero-order valence-corrected chi connectivity index (χ0v) is 14.2. The lowest BCUT2D eigenvalue weighted by molar-refractivity contribution is -0.0113. The van der Waals surface area contributed by atoms with Gasteiger partial charge in [-0.3, -0.25) is 4.79 Å². The van der Waals surface area contributed by atoms with Crippen LogP contribution in [0.1, 0.15) is 16.1 Å². The lowest BCUT2D eigenvalue weighted by atomic mass is 9.91. The molecule has 0 radical (unpaired) electrons. The average molecular weight is 358 g/mol. The van der Waals surface area contributed by atoms with Gasteiger partial charge in [0.1, 0.15) is 17.9 Å². The van der Waals surface area contributed by atoms with Crippen LogP contribution in [0.15, 0.2) is 36.1 Å². The summed E-state index contributed by atoms with van der Waals surface area (Å²) in [4.78, 5) is 16.3. The summed E-state index contributed by atoms with van der Waals surface area (Å²) < 4.78 is 25.1. The van der Waals surface area contributed by atoms with Crippen molar-refractivity contribution >= 4 is 5.91 Å². The Balaban J connectivity index is 1.69. The van der Waals surface area contributed by atoms with Crippen LogP contribution in [0, 0.1) is 17.2 Å². The van der Waals surface area contributed by atoms with Crippen molar-refractivity contribution in [1.29, 1.82) is 5.26 Å². The number of nitrogens with zero attached hydrogens (tertiary/aromatic N) is 2. The van der Waals surface area contributed by atoms with E-state index in [-0.39, 0.29) is 23.2 Å². The third-order valence-electron chi connectivity index (χ3n) is 4.24. The van der Waals surface area contributed by atoms with Gasteiger partial charge in [0, 0.05) is 36.3 Å². The number of alkyl halides is 1. The van der Waals surface area contributed by atoms with Crippen LogP contribution in [-0.2, 0) is 4.74 Å². The lowest BCUT2D eigenvalue weighted by Gasteiger charge is -2.32. The molecule has 1 aromatic rings. The van der Waals surface area contributed by atoms with Gasteiger partial charge in [0.25, 0.3) is 5.91 Å². The van der Waals surface area contributed by atoms with Crippen LogP contribution in [0.25, 0.3) is 0 Å². The number of carbonyl (C=O) groups excluding carboxylic acids is 1. The van der Waals surface area contributed by atoms with E-state index in [4.69, 9.17) is 14.7 Å². The van der Waals surface area contributed by atoms with Gasteiger partial charge in [0.15, 0.2) is 0 Å². The Morgan fingerprint density at radius 2 is 2.38 bits per heavy atom. The molecular formula is C18H19FN4O3. The average Bonchev–Trinajstić information content (AvgIpc) is 2.68. The summed E-state index contributed by atoms with van der Waals surface area (Å²) in [7, 11) is 1.40. The fraction of sp³-hybridized carbons (Fsp3) is 0.389. The second kappa shape index (κ2) is 8.08. The van der Waals surface area contributed by atoms with Gasteiger partial charge >= 0.3 is 0 Å². The number of morpholine rings is 1. The predicted octanol–water partition coefficient (Wildman–Crippen LogP) is 1.09. The largest absolute Gasteiger partial charge is 0.481 e. The fourth-order valence-corrected chi connectivity index (χ4v) is 2.91. The van der Waals surface area contributed by atoms with Crippen LogP contribution in [0.3, 0.4) is 0 Å². The molecule has 8 heteroatoms. The van der Waals surface area contributed by atoms with Gasteiger partial charge in [-0.2, -0.15) is 5.26 Å². The quantitative estimate of drug-likeness (QED) is 0.836. The molecule has 2 aliphatic rings. The van der Waals surface area contributed by atoms with E-state index in [1.165, 1.54) is 25.3 Å². The van der Waals surface area contributed by atoms with Crippen molar-refractivity contribution in [3.63, 3.8) is 0 Å². The van der Waals surface area contributed by atoms with Crippen LogP contribution >= 0.6 is 0 Å². The Morgan fingerprint density at radius 1 is 1.54 bits per heavy atom. The third-order valence-corrected chi connectivity index (χ3v) is 4.24. The fourth-order valence-electron chi connectivity index (χ4n) is 2.91. The first-order valence-electron chi connectivity index (χ1n) is 8.24. The summed E-state index contributed by atoms with van der Waals surface area (Å²) in [5.74, 6) is -0.707. The smallest absolute Gasteiger partial charge is 0.255 e. The number of hydrogen-bond acceptors (Lipinski definition) is 6. The van der Waals surface area contributed by atoms with E-state index in [9.17, 15) is 9.18 Å². The highest BCUT2D eigenvalue weighted by Gasteiger charge is 2.31. The Labute approximate surface area is 150 Å². The number of ether oxygens (including phenoxy) is 2. The molecule has 1 amide bonds. The van der Waals surface area contributed by atoms with Crippen molar-refractivity contribution in [2.75, 3.05) is 26.8 Å². The molecule has 1 aromatic heterocycles. The van der Waals surface area contributed by atoms with Gasteiger partial charge in [-0.1, -0.05) is 6.08 Å². The minimum atomic E-state index is -1.26. The highest BCUT2D eigenvalue weighted by atomic mass is 19.1. The van der Waals surface area contributed by atoms with Gasteiger partial charge in [-0.15, -0.1) is 0 Å². The number of pyridine rings is 1. The number of methoxy groups -OCH3 is 1. The summed E-state index contributed by atoms with van der Waals surface area (Å²) in [6.45, 7) is 1.92. The van der Waals surface area contributed by atoms with Crippen molar-refractivity contribution in [2.45, 2.75) is 12.3 Å². The van der Waals surface area contributed by atoms with Gasteiger partial charge in [0.2, 0.25) is 5.88 Å². The highest BCUT2D eigenvalue weighted by Crippen LogP contribution is 2.25. The number of hydrogen-bond donors (Lipinski definition) is 2. The number of aromatic nitrogens is 1. The molecule has 3 atom stereocenters. The maximum atomic E-state index is 14.5. The van der Waals surface area contributed by atoms with Crippen molar-refractivity contribution < 1.29 is 18.7 Å². The molecule has 3 rings (SSSR count). The molecule has 0 spiro atoms. The molecule has 2 unspecified atom stereocenters. The van der Waals surface area contributed by atoms with Gasteiger partial charge in [-0.05, 0) is 18.2 Å². The van der Waals surface area contributed by atoms with E-state index < -0.39 is 18.0 Å². The molecule has 0 saturated carbocycles. The molecule has 1 fully saturated rings. The zero-order valence-electron chi connectivity index (χ0n) is 14.2. The maximum Gasteiger partial charge on any atom is 0.255 e. The van der Waals surface area contributed by atoms with Crippen LogP contribution in [0.2, 0.25) is 0 Å². The number of carbonyl (C=O) groups is 1. The monoisotopic (exact) mass is 358 g/mol. The van der Waals surface area contributed by atoms with Crippen LogP contribution in [-0.4, -0.2) is 50.0 Å². The molecule has 7 nitrogen and oxygen atoms in total. The number of allylic oxidation sites excluding steroid dienone is 2. The maximum absolute atomic E-state index is 14.5. The first kappa shape index (κ1) is 18.0. The van der Waals surface area contributed by atoms with Gasteiger partial charge < -0.3 is 20.1 Å². The van der Waals surface area contributed by atoms with Crippen LogP contribution in [0.5, 0.6) is 5.88 Å². The second-order valence-electron chi connectivity index (χ2n) is 5.97. The van der Waals surface area contributed by atoms with E-state index in [1.807, 2.05) is 6.07 Å². The molecular weight excluding hydrogens is 339 g/mol. The van der Waals surface area contributed by atoms with Crippen molar-refractivity contribution in [3.05, 3.63) is 47.3 Å². The van der Waals surface area contributed by atoms with Crippen molar-refractivity contribution in [3.8, 4) is 11.9 Å². The summed E-state index contributed by atoms with van der Waals surface area (Å²) in [6.07, 6.45) is 3.25. The standard InChI is InChI=1S/C18H19FN4O3/c1-25-17-7-11(6-13(9-20)22-17)18(24)23-12-2-3-14(15(19)8-12)16-10-21-4-5-26-16/h2-3,6-8,14-16,21H,4-5,10H2,1H3,(H,23,24)/t14?,15?,16-/m1/s1. The first-order chi connectivity index (χ1) is 12.6. The number of nitrogens with one attached hydrogen (secondary N) is 2. The highest BCUT2D eigenvalue weighted by molar-refractivity contribution is 5.96.